The molecule has 144 valence electrons. The zero-order chi connectivity index (χ0) is 19.1. The molecule has 3 heterocycles. The first-order chi connectivity index (χ1) is 13.7. The van der Waals surface area contributed by atoms with E-state index in [1.807, 2.05) is 17.4 Å². The normalized spacial score (nSPS) is 17.4. The van der Waals surface area contributed by atoms with Crippen molar-refractivity contribution < 1.29 is 5.11 Å². The quantitative estimate of drug-likeness (QED) is 0.471. The van der Waals surface area contributed by atoms with E-state index in [0.717, 1.165) is 47.5 Å². The Kier molecular flexibility index (Phi) is 5.13. The predicted octanol–water partition coefficient (Wildman–Crippen LogP) is 6.48. The highest BCUT2D eigenvalue weighted by Crippen LogP contribution is 2.54. The first kappa shape index (κ1) is 18.6. The van der Waals surface area contributed by atoms with Crippen molar-refractivity contribution in [3.05, 3.63) is 63.3 Å². The molecule has 0 aliphatic carbocycles. The van der Waals surface area contributed by atoms with Gasteiger partial charge < -0.3 is 10.0 Å². The van der Waals surface area contributed by atoms with Crippen LogP contribution in [0.2, 0.25) is 0 Å². The smallest absolute Gasteiger partial charge is 0.141 e. The lowest BCUT2D eigenvalue weighted by Crippen LogP contribution is -2.43. The van der Waals surface area contributed by atoms with Crippen LogP contribution in [-0.4, -0.2) is 29.1 Å². The summed E-state index contributed by atoms with van der Waals surface area (Å²) in [6.45, 7) is 3.22. The van der Waals surface area contributed by atoms with Crippen molar-refractivity contribution in [2.75, 3.05) is 18.0 Å². The molecule has 0 atom stereocenters. The summed E-state index contributed by atoms with van der Waals surface area (Å²) in [4.78, 5) is 8.76. The standard InChI is InChI=1S/C22H21BrN2OS2/c23-15-12-19(26)22-21(13-15)28-20-6-2-1-5-18(20)25(22)16-7-9-24(10-8-16)14-17-4-3-11-27-17/h1-6,11-13,16,26H,7-10,14H2. The third-order valence-corrected chi connectivity index (χ3v) is 7.90. The highest BCUT2D eigenvalue weighted by atomic mass is 79.9. The molecule has 3 nitrogen and oxygen atoms in total. The van der Waals surface area contributed by atoms with Gasteiger partial charge in [-0.25, -0.2) is 0 Å². The topological polar surface area (TPSA) is 26.7 Å². The minimum atomic E-state index is 0.354. The van der Waals surface area contributed by atoms with Gasteiger partial charge in [0.2, 0.25) is 0 Å². The average Bonchev–Trinajstić information content (AvgIpc) is 3.20. The molecule has 1 aromatic heterocycles. The van der Waals surface area contributed by atoms with Gasteiger partial charge in [-0.1, -0.05) is 45.9 Å². The molecule has 0 spiro atoms. The summed E-state index contributed by atoms with van der Waals surface area (Å²) in [6.07, 6.45) is 2.19. The van der Waals surface area contributed by atoms with Crippen molar-refractivity contribution in [3.63, 3.8) is 0 Å². The molecule has 6 heteroatoms. The Balaban J connectivity index is 1.44. The van der Waals surface area contributed by atoms with Gasteiger partial charge >= 0.3 is 0 Å². The first-order valence-electron chi connectivity index (χ1n) is 9.52. The third kappa shape index (κ3) is 3.47. The molecule has 1 N–H and O–H groups in total. The molecular weight excluding hydrogens is 452 g/mol. The number of piperidine rings is 1. The summed E-state index contributed by atoms with van der Waals surface area (Å²) < 4.78 is 0.918. The van der Waals surface area contributed by atoms with Crippen molar-refractivity contribution in [1.82, 2.24) is 4.90 Å². The van der Waals surface area contributed by atoms with E-state index in [2.05, 4.69) is 73.6 Å². The lowest BCUT2D eigenvalue weighted by atomic mass is 10.0. The number of likely N-dealkylation sites (tertiary alicyclic amines) is 1. The maximum Gasteiger partial charge on any atom is 0.141 e. The number of nitrogens with zero attached hydrogens (tertiary/aromatic N) is 2. The van der Waals surface area contributed by atoms with Gasteiger partial charge in [0.25, 0.3) is 0 Å². The van der Waals surface area contributed by atoms with Gasteiger partial charge in [-0.2, -0.15) is 0 Å². The maximum atomic E-state index is 10.8. The molecule has 3 aromatic rings. The van der Waals surface area contributed by atoms with Crippen LogP contribution in [0.4, 0.5) is 11.4 Å². The van der Waals surface area contributed by atoms with Gasteiger partial charge in [-0.3, -0.25) is 4.90 Å². The molecule has 0 bridgehead atoms. The van der Waals surface area contributed by atoms with Crippen LogP contribution in [0.5, 0.6) is 5.75 Å². The van der Waals surface area contributed by atoms with Gasteiger partial charge in [0, 0.05) is 44.8 Å². The van der Waals surface area contributed by atoms with Crippen molar-refractivity contribution in [2.45, 2.75) is 35.2 Å². The Hall–Kier alpha value is -1.47. The molecule has 0 amide bonds. The molecule has 0 saturated carbocycles. The molecule has 1 fully saturated rings. The molecule has 5 rings (SSSR count). The molecule has 0 radical (unpaired) electrons. The molecule has 1 saturated heterocycles. The van der Waals surface area contributed by atoms with Crippen LogP contribution in [0.3, 0.4) is 0 Å². The SMILES string of the molecule is Oc1cc(Br)cc2c1N(C1CCN(Cc3cccs3)CC1)c1ccccc1S2. The second-order valence-corrected chi connectivity index (χ2v) is 10.3. The van der Waals surface area contributed by atoms with E-state index in [0.29, 0.717) is 11.8 Å². The van der Waals surface area contributed by atoms with Gasteiger partial charge in [0.1, 0.15) is 5.75 Å². The third-order valence-electron chi connectivity index (χ3n) is 5.49. The molecule has 2 aliphatic rings. The van der Waals surface area contributed by atoms with Gasteiger partial charge in [0.15, 0.2) is 0 Å². The number of rotatable bonds is 3. The number of anilines is 2. The molecule has 2 aromatic carbocycles. The fourth-order valence-electron chi connectivity index (χ4n) is 4.20. The lowest BCUT2D eigenvalue weighted by molar-refractivity contribution is 0.206. The molecule has 2 aliphatic heterocycles. The van der Waals surface area contributed by atoms with E-state index in [9.17, 15) is 5.11 Å². The minimum absolute atomic E-state index is 0.354. The number of fused-ring (bicyclic) bond motifs is 2. The molecular formula is C22H21BrN2OS2. The van der Waals surface area contributed by atoms with Crippen molar-refractivity contribution in [2.24, 2.45) is 0 Å². The summed E-state index contributed by atoms with van der Waals surface area (Å²) in [6, 6.07) is 17.2. The fourth-order valence-corrected chi connectivity index (χ4v) is 6.68. The Morgan fingerprint density at radius 2 is 1.86 bits per heavy atom. The van der Waals surface area contributed by atoms with Crippen LogP contribution < -0.4 is 4.90 Å². The van der Waals surface area contributed by atoms with Crippen LogP contribution in [0.25, 0.3) is 0 Å². The van der Waals surface area contributed by atoms with Gasteiger partial charge in [-0.05, 0) is 48.6 Å². The number of thiophene rings is 1. The number of benzene rings is 2. The summed E-state index contributed by atoms with van der Waals surface area (Å²) >= 11 is 7.11. The Labute approximate surface area is 182 Å². The predicted molar refractivity (Wildman–Crippen MR) is 121 cm³/mol. The monoisotopic (exact) mass is 472 g/mol. The summed E-state index contributed by atoms with van der Waals surface area (Å²) in [5.41, 5.74) is 2.18. The Morgan fingerprint density at radius 1 is 1.04 bits per heavy atom. The van der Waals surface area contributed by atoms with E-state index >= 15 is 0 Å². The minimum Gasteiger partial charge on any atom is -0.506 e. The second-order valence-electron chi connectivity index (χ2n) is 7.30. The van der Waals surface area contributed by atoms with Gasteiger partial charge in [0.05, 0.1) is 11.4 Å². The number of phenolic OH excluding ortho intramolecular Hbond substituents is 1. The first-order valence-corrected chi connectivity index (χ1v) is 12.0. The number of hydrogen-bond donors (Lipinski definition) is 1. The fraction of sp³-hybridized carbons (Fsp3) is 0.273. The summed E-state index contributed by atoms with van der Waals surface area (Å²) in [7, 11) is 0. The van der Waals surface area contributed by atoms with Crippen LogP contribution in [0.15, 0.2) is 68.2 Å². The second kappa shape index (κ2) is 7.75. The van der Waals surface area contributed by atoms with Crippen molar-refractivity contribution in [3.8, 4) is 5.75 Å². The Morgan fingerprint density at radius 3 is 2.64 bits per heavy atom. The zero-order valence-electron chi connectivity index (χ0n) is 15.3. The van der Waals surface area contributed by atoms with E-state index in [-0.39, 0.29) is 0 Å². The van der Waals surface area contributed by atoms with E-state index in [1.165, 1.54) is 15.5 Å². The maximum absolute atomic E-state index is 10.8. The van der Waals surface area contributed by atoms with E-state index in [4.69, 9.17) is 0 Å². The summed E-state index contributed by atoms with van der Waals surface area (Å²) in [5, 5.41) is 12.9. The zero-order valence-corrected chi connectivity index (χ0v) is 18.6. The van der Waals surface area contributed by atoms with E-state index < -0.39 is 0 Å². The lowest BCUT2D eigenvalue weighted by Gasteiger charge is -2.43. The van der Waals surface area contributed by atoms with E-state index in [1.54, 1.807) is 11.8 Å². The van der Waals surface area contributed by atoms with Crippen LogP contribution in [0.1, 0.15) is 17.7 Å². The highest BCUT2D eigenvalue weighted by molar-refractivity contribution is 9.10. The van der Waals surface area contributed by atoms with Crippen LogP contribution in [0, 0.1) is 0 Å². The number of aromatic hydroxyl groups is 1. The Bertz CT molecular complexity index is 984. The van der Waals surface area contributed by atoms with Crippen LogP contribution >= 0.6 is 39.0 Å². The molecule has 28 heavy (non-hydrogen) atoms. The van der Waals surface area contributed by atoms with Gasteiger partial charge in [-0.15, -0.1) is 11.3 Å². The van der Waals surface area contributed by atoms with Crippen LogP contribution in [-0.2, 0) is 6.54 Å². The number of hydrogen-bond acceptors (Lipinski definition) is 5. The number of phenols is 1. The average molecular weight is 473 g/mol. The summed E-state index contributed by atoms with van der Waals surface area (Å²) in [5.74, 6) is 0.354. The largest absolute Gasteiger partial charge is 0.506 e. The van der Waals surface area contributed by atoms with Crippen molar-refractivity contribution in [1.29, 1.82) is 0 Å². The number of para-hydroxylation sites is 1. The molecule has 0 unspecified atom stereocenters. The number of halogens is 1. The highest BCUT2D eigenvalue weighted by Gasteiger charge is 2.33. The van der Waals surface area contributed by atoms with Crippen molar-refractivity contribution >= 4 is 50.4 Å².